The van der Waals surface area contributed by atoms with E-state index in [-0.39, 0.29) is 12.1 Å². The minimum atomic E-state index is -0.468. The summed E-state index contributed by atoms with van der Waals surface area (Å²) in [5.74, 6) is 0.586. The first kappa shape index (κ1) is 22.8. The minimum absolute atomic E-state index is 0.235. The molecule has 0 aliphatic carbocycles. The Labute approximate surface area is 174 Å². The number of rotatable bonds is 11. The molecular weight excluding hydrogens is 394 g/mol. The van der Waals surface area contributed by atoms with Gasteiger partial charge >= 0.3 is 0 Å². The number of nitrogens with zero attached hydrogens (tertiary/aromatic N) is 1. The number of pyridine rings is 1. The van der Waals surface area contributed by atoms with E-state index in [1.807, 2.05) is 0 Å². The Kier molecular flexibility index (Phi) is 8.70. The van der Waals surface area contributed by atoms with Crippen molar-refractivity contribution in [1.82, 2.24) is 10.3 Å². The lowest BCUT2D eigenvalue weighted by molar-refractivity contribution is -0.115. The number of nitrogens with one attached hydrogen (secondary N) is 2. The second-order valence-electron chi connectivity index (χ2n) is 5.87. The number of hydrogen-bond donors (Lipinski definition) is 2. The van der Waals surface area contributed by atoms with Crippen molar-refractivity contribution in [3.63, 3.8) is 0 Å². The van der Waals surface area contributed by atoms with Crippen LogP contribution in [0.25, 0.3) is 0 Å². The Hall–Kier alpha value is -3.53. The molecule has 2 N–H and O–H groups in total. The fourth-order valence-corrected chi connectivity index (χ4v) is 2.45. The Morgan fingerprint density at radius 1 is 0.967 bits per heavy atom. The normalized spacial score (nSPS) is 10.1. The second-order valence-corrected chi connectivity index (χ2v) is 5.87. The van der Waals surface area contributed by atoms with Crippen LogP contribution in [-0.4, -0.2) is 65.0 Å². The Morgan fingerprint density at radius 2 is 1.67 bits per heavy atom. The molecule has 0 saturated heterocycles. The van der Waals surface area contributed by atoms with Crippen molar-refractivity contribution < 1.29 is 33.3 Å². The topological polar surface area (TPSA) is 117 Å². The van der Waals surface area contributed by atoms with Crippen molar-refractivity contribution in [2.75, 3.05) is 53.5 Å². The summed E-state index contributed by atoms with van der Waals surface area (Å²) < 4.78 is 25.9. The molecule has 0 radical (unpaired) electrons. The highest BCUT2D eigenvalue weighted by molar-refractivity contribution is 6.00. The first-order valence-electron chi connectivity index (χ1n) is 8.98. The number of anilines is 1. The zero-order chi connectivity index (χ0) is 21.9. The Morgan fingerprint density at radius 3 is 2.20 bits per heavy atom. The van der Waals surface area contributed by atoms with Crippen LogP contribution in [0.3, 0.4) is 0 Å². The molecule has 0 fully saturated rings. The molecule has 2 amide bonds. The molecule has 0 atom stereocenters. The molecular formula is C20H25N3O7. The van der Waals surface area contributed by atoms with Crippen molar-refractivity contribution in [1.29, 1.82) is 0 Å². The smallest absolute Gasteiger partial charge is 0.251 e. The number of carbonyl (C=O) groups is 2. The largest absolute Gasteiger partial charge is 0.493 e. The summed E-state index contributed by atoms with van der Waals surface area (Å²) in [5, 5.41) is 5.18. The van der Waals surface area contributed by atoms with Crippen LogP contribution in [-0.2, 0) is 9.53 Å². The summed E-state index contributed by atoms with van der Waals surface area (Å²) in [6, 6.07) is 6.27. The number of carbonyl (C=O) groups excluding carboxylic acids is 2. The third-order valence-corrected chi connectivity index (χ3v) is 3.89. The van der Waals surface area contributed by atoms with Crippen LogP contribution in [0.2, 0.25) is 0 Å². The van der Waals surface area contributed by atoms with E-state index < -0.39 is 11.8 Å². The maximum Gasteiger partial charge on any atom is 0.251 e. The van der Waals surface area contributed by atoms with Gasteiger partial charge in [-0.1, -0.05) is 0 Å². The average molecular weight is 419 g/mol. The highest BCUT2D eigenvalue weighted by Gasteiger charge is 2.17. The van der Waals surface area contributed by atoms with Gasteiger partial charge in [-0.3, -0.25) is 9.59 Å². The van der Waals surface area contributed by atoms with Crippen molar-refractivity contribution in [2.24, 2.45) is 0 Å². The molecule has 1 heterocycles. The zero-order valence-corrected chi connectivity index (χ0v) is 17.3. The average Bonchev–Trinajstić information content (AvgIpc) is 2.77. The molecule has 0 aliphatic rings. The van der Waals surface area contributed by atoms with Gasteiger partial charge in [0.1, 0.15) is 6.61 Å². The third kappa shape index (κ3) is 6.24. The van der Waals surface area contributed by atoms with E-state index >= 15 is 0 Å². The summed E-state index contributed by atoms with van der Waals surface area (Å²) in [7, 11) is 5.95. The van der Waals surface area contributed by atoms with Crippen molar-refractivity contribution in [2.45, 2.75) is 0 Å². The van der Waals surface area contributed by atoms with Crippen LogP contribution in [0.5, 0.6) is 23.1 Å². The first-order valence-corrected chi connectivity index (χ1v) is 8.98. The van der Waals surface area contributed by atoms with Crippen molar-refractivity contribution in [3.05, 3.63) is 36.0 Å². The number of aromatic nitrogens is 1. The predicted molar refractivity (Wildman–Crippen MR) is 109 cm³/mol. The maximum atomic E-state index is 12.4. The molecule has 2 aromatic rings. The summed E-state index contributed by atoms with van der Waals surface area (Å²) in [5.41, 5.74) is 0.734. The van der Waals surface area contributed by atoms with Gasteiger partial charge in [-0.25, -0.2) is 4.98 Å². The molecule has 0 bridgehead atoms. The fraction of sp³-hybridized carbons (Fsp3) is 0.350. The van der Waals surface area contributed by atoms with Crippen LogP contribution in [0.15, 0.2) is 30.5 Å². The van der Waals surface area contributed by atoms with Gasteiger partial charge in [0.15, 0.2) is 11.5 Å². The van der Waals surface area contributed by atoms with E-state index in [2.05, 4.69) is 15.6 Å². The van der Waals surface area contributed by atoms with Crippen LogP contribution in [0.1, 0.15) is 10.4 Å². The summed E-state index contributed by atoms with van der Waals surface area (Å²) >= 11 is 0. The second kappa shape index (κ2) is 11.5. The van der Waals surface area contributed by atoms with E-state index in [0.29, 0.717) is 42.0 Å². The summed E-state index contributed by atoms with van der Waals surface area (Å²) in [6.45, 7) is 0.593. The summed E-state index contributed by atoms with van der Waals surface area (Å²) in [6.07, 6.45) is 1.46. The number of amides is 2. The van der Waals surface area contributed by atoms with Gasteiger partial charge in [-0.15, -0.1) is 0 Å². The number of ether oxygens (including phenoxy) is 5. The first-order chi connectivity index (χ1) is 14.5. The zero-order valence-electron chi connectivity index (χ0n) is 17.3. The van der Waals surface area contributed by atoms with E-state index in [9.17, 15) is 9.59 Å². The van der Waals surface area contributed by atoms with Crippen LogP contribution >= 0.6 is 0 Å². The monoisotopic (exact) mass is 419 g/mol. The molecule has 10 heteroatoms. The highest BCUT2D eigenvalue weighted by atomic mass is 16.5. The third-order valence-electron chi connectivity index (χ3n) is 3.89. The Bertz CT molecular complexity index is 831. The number of benzene rings is 1. The van der Waals surface area contributed by atoms with Gasteiger partial charge in [0, 0.05) is 18.7 Å². The van der Waals surface area contributed by atoms with Gasteiger partial charge < -0.3 is 34.3 Å². The van der Waals surface area contributed by atoms with Crippen molar-refractivity contribution in [3.8, 4) is 23.1 Å². The SMILES string of the molecule is COCCOc1ccc(NC(=O)CNC(=O)c2cc(OC)c(OC)c(OC)c2)cn1. The molecule has 1 aromatic heterocycles. The molecule has 0 saturated carbocycles. The van der Waals surface area contributed by atoms with Gasteiger partial charge in [-0.05, 0) is 18.2 Å². The molecule has 0 spiro atoms. The Balaban J connectivity index is 1.92. The van der Waals surface area contributed by atoms with Gasteiger partial charge in [0.2, 0.25) is 17.5 Å². The van der Waals surface area contributed by atoms with E-state index in [4.69, 9.17) is 23.7 Å². The molecule has 162 valence electrons. The molecule has 0 aliphatic heterocycles. The van der Waals surface area contributed by atoms with Crippen LogP contribution in [0.4, 0.5) is 5.69 Å². The molecule has 10 nitrogen and oxygen atoms in total. The lowest BCUT2D eigenvalue weighted by Crippen LogP contribution is -2.32. The maximum absolute atomic E-state index is 12.4. The fourth-order valence-electron chi connectivity index (χ4n) is 2.45. The lowest BCUT2D eigenvalue weighted by Gasteiger charge is -2.14. The molecule has 2 rings (SSSR count). The lowest BCUT2D eigenvalue weighted by atomic mass is 10.1. The van der Waals surface area contributed by atoms with E-state index in [1.165, 1.54) is 39.7 Å². The minimum Gasteiger partial charge on any atom is -0.493 e. The standard InChI is InChI=1S/C20H25N3O7/c1-26-7-8-30-18-6-5-14(11-21-18)23-17(24)12-22-20(25)13-9-15(27-2)19(29-4)16(10-13)28-3/h5-6,9-11H,7-8,12H2,1-4H3,(H,22,25)(H,23,24). The van der Waals surface area contributed by atoms with E-state index in [1.54, 1.807) is 19.2 Å². The van der Waals surface area contributed by atoms with Crippen LogP contribution < -0.4 is 29.6 Å². The highest BCUT2D eigenvalue weighted by Crippen LogP contribution is 2.38. The summed E-state index contributed by atoms with van der Waals surface area (Å²) in [4.78, 5) is 28.6. The quantitative estimate of drug-likeness (QED) is 0.526. The molecule has 30 heavy (non-hydrogen) atoms. The van der Waals surface area contributed by atoms with Gasteiger partial charge in [0.05, 0.1) is 46.4 Å². The van der Waals surface area contributed by atoms with Gasteiger partial charge in [-0.2, -0.15) is 0 Å². The predicted octanol–water partition coefficient (Wildman–Crippen LogP) is 1.50. The van der Waals surface area contributed by atoms with Gasteiger partial charge in [0.25, 0.3) is 5.91 Å². The van der Waals surface area contributed by atoms with E-state index in [0.717, 1.165) is 0 Å². The number of hydrogen-bond acceptors (Lipinski definition) is 8. The van der Waals surface area contributed by atoms with Crippen molar-refractivity contribution >= 4 is 17.5 Å². The molecule has 1 aromatic carbocycles. The van der Waals surface area contributed by atoms with Crippen LogP contribution in [0, 0.1) is 0 Å². The molecule has 0 unspecified atom stereocenters. The number of methoxy groups -OCH3 is 4.